The Labute approximate surface area is 163 Å². The highest BCUT2D eigenvalue weighted by Gasteiger charge is 2.18. The lowest BCUT2D eigenvalue weighted by Gasteiger charge is -2.24. The summed E-state index contributed by atoms with van der Waals surface area (Å²) in [5, 5.41) is 6.30. The number of amides is 1. The average molecular weight is 378 g/mol. The van der Waals surface area contributed by atoms with Gasteiger partial charge in [0.25, 0.3) is 5.91 Å². The van der Waals surface area contributed by atoms with Crippen molar-refractivity contribution in [3.05, 3.63) is 71.6 Å². The fourth-order valence-corrected chi connectivity index (χ4v) is 4.12. The minimum atomic E-state index is -0.0887. The summed E-state index contributed by atoms with van der Waals surface area (Å²) in [4.78, 5) is 14.2. The Bertz CT molecular complexity index is 901. The van der Waals surface area contributed by atoms with E-state index in [9.17, 15) is 4.79 Å². The topological polar surface area (TPSA) is 50.4 Å². The first-order valence-corrected chi connectivity index (χ1v) is 10.0. The molecule has 0 bridgehead atoms. The van der Waals surface area contributed by atoms with Crippen LogP contribution in [0.1, 0.15) is 22.5 Å². The number of piperidine rings is 1. The van der Waals surface area contributed by atoms with Crippen molar-refractivity contribution in [2.45, 2.75) is 18.9 Å². The highest BCUT2D eigenvalue weighted by molar-refractivity contribution is 7.17. The number of thiophene rings is 1. The number of rotatable bonds is 5. The Morgan fingerprint density at radius 1 is 0.963 bits per heavy atom. The molecule has 1 aliphatic rings. The van der Waals surface area contributed by atoms with E-state index in [2.05, 4.69) is 16.7 Å². The van der Waals surface area contributed by atoms with E-state index in [1.165, 1.54) is 11.3 Å². The van der Waals surface area contributed by atoms with Crippen LogP contribution in [0.3, 0.4) is 0 Å². The monoisotopic (exact) mass is 378 g/mol. The lowest BCUT2D eigenvalue weighted by molar-refractivity contribution is 0.103. The van der Waals surface area contributed by atoms with Crippen LogP contribution in [0.4, 0.5) is 5.69 Å². The predicted molar refractivity (Wildman–Crippen MR) is 111 cm³/mol. The fourth-order valence-electron chi connectivity index (χ4n) is 3.18. The van der Waals surface area contributed by atoms with E-state index >= 15 is 0 Å². The minimum absolute atomic E-state index is 0.0887. The molecule has 2 N–H and O–H groups in total. The average Bonchev–Trinajstić information content (AvgIpc) is 3.20. The summed E-state index contributed by atoms with van der Waals surface area (Å²) < 4.78 is 6.27. The van der Waals surface area contributed by atoms with Gasteiger partial charge in [-0.1, -0.05) is 30.3 Å². The van der Waals surface area contributed by atoms with E-state index in [4.69, 9.17) is 4.74 Å². The van der Waals surface area contributed by atoms with Crippen molar-refractivity contribution in [3.8, 4) is 16.2 Å². The third-order valence-electron chi connectivity index (χ3n) is 4.59. The Kier molecular flexibility index (Phi) is 5.51. The quantitative estimate of drug-likeness (QED) is 0.671. The molecule has 0 spiro atoms. The van der Waals surface area contributed by atoms with E-state index in [-0.39, 0.29) is 12.0 Å². The summed E-state index contributed by atoms with van der Waals surface area (Å²) in [5.74, 6) is 0.801. The van der Waals surface area contributed by atoms with Crippen molar-refractivity contribution >= 4 is 22.9 Å². The maximum absolute atomic E-state index is 12.5. The van der Waals surface area contributed by atoms with Crippen LogP contribution < -0.4 is 15.4 Å². The van der Waals surface area contributed by atoms with Crippen molar-refractivity contribution in [1.29, 1.82) is 0 Å². The van der Waals surface area contributed by atoms with Gasteiger partial charge in [0.2, 0.25) is 0 Å². The van der Waals surface area contributed by atoms with E-state index in [0.717, 1.165) is 47.8 Å². The van der Waals surface area contributed by atoms with Crippen LogP contribution in [0.2, 0.25) is 0 Å². The SMILES string of the molecule is O=C(Nc1ccccc1)c1ccc(-c2ccccc2OC2CCNCC2)s1. The second-order valence-corrected chi connectivity index (χ2v) is 7.63. The van der Waals surface area contributed by atoms with E-state index in [1.54, 1.807) is 0 Å². The van der Waals surface area contributed by atoms with Gasteiger partial charge in [0.1, 0.15) is 11.9 Å². The number of benzene rings is 2. The molecule has 0 saturated carbocycles. The van der Waals surface area contributed by atoms with Gasteiger partial charge in [0.05, 0.1) is 4.88 Å². The first-order chi connectivity index (χ1) is 13.3. The number of anilines is 1. The van der Waals surface area contributed by atoms with Crippen molar-refractivity contribution in [3.63, 3.8) is 0 Å². The molecule has 27 heavy (non-hydrogen) atoms. The molecule has 138 valence electrons. The Balaban J connectivity index is 1.52. The molecule has 1 aromatic heterocycles. The standard InChI is InChI=1S/C22H22N2O2S/c25-22(24-16-6-2-1-3-7-16)21-11-10-20(27-21)18-8-4-5-9-19(18)26-17-12-14-23-15-13-17/h1-11,17,23H,12-15H2,(H,24,25). The van der Waals surface area contributed by atoms with Crippen LogP contribution in [-0.2, 0) is 0 Å². The lowest BCUT2D eigenvalue weighted by Crippen LogP contribution is -2.34. The zero-order valence-corrected chi connectivity index (χ0v) is 15.8. The molecule has 1 aliphatic heterocycles. The molecule has 5 heteroatoms. The van der Waals surface area contributed by atoms with Crippen molar-refractivity contribution < 1.29 is 9.53 Å². The van der Waals surface area contributed by atoms with E-state index in [0.29, 0.717) is 4.88 Å². The van der Waals surface area contributed by atoms with Crippen LogP contribution in [0, 0.1) is 0 Å². The molecule has 1 saturated heterocycles. The minimum Gasteiger partial charge on any atom is -0.490 e. The summed E-state index contributed by atoms with van der Waals surface area (Å²) in [6.45, 7) is 1.99. The fraction of sp³-hybridized carbons (Fsp3) is 0.227. The van der Waals surface area contributed by atoms with Gasteiger partial charge in [-0.2, -0.15) is 0 Å². The molecule has 0 unspecified atom stereocenters. The molecule has 2 heterocycles. The zero-order valence-electron chi connectivity index (χ0n) is 15.0. The Hall–Kier alpha value is -2.63. The zero-order chi connectivity index (χ0) is 18.5. The number of carbonyl (C=O) groups is 1. The number of carbonyl (C=O) groups excluding carboxylic acids is 1. The van der Waals surface area contributed by atoms with Gasteiger partial charge in [-0.25, -0.2) is 0 Å². The number of hydrogen-bond donors (Lipinski definition) is 2. The second-order valence-electron chi connectivity index (χ2n) is 6.55. The van der Waals surface area contributed by atoms with E-state index < -0.39 is 0 Å². The summed E-state index contributed by atoms with van der Waals surface area (Å²) in [6, 6.07) is 21.5. The molecule has 0 aliphatic carbocycles. The molecule has 1 fully saturated rings. The van der Waals surface area contributed by atoms with Crippen LogP contribution >= 0.6 is 11.3 Å². The normalized spacial score (nSPS) is 14.7. The highest BCUT2D eigenvalue weighted by atomic mass is 32.1. The first kappa shape index (κ1) is 17.8. The van der Waals surface area contributed by atoms with Crippen molar-refractivity contribution in [2.24, 2.45) is 0 Å². The number of para-hydroxylation sites is 2. The largest absolute Gasteiger partial charge is 0.490 e. The van der Waals surface area contributed by atoms with Crippen molar-refractivity contribution in [1.82, 2.24) is 5.32 Å². The van der Waals surface area contributed by atoms with Gasteiger partial charge in [0.15, 0.2) is 0 Å². The molecule has 2 aromatic carbocycles. The maximum Gasteiger partial charge on any atom is 0.265 e. The van der Waals surface area contributed by atoms with Crippen LogP contribution in [0.25, 0.3) is 10.4 Å². The number of ether oxygens (including phenoxy) is 1. The van der Waals surface area contributed by atoms with Crippen LogP contribution in [0.5, 0.6) is 5.75 Å². The lowest BCUT2D eigenvalue weighted by atomic mass is 10.1. The van der Waals surface area contributed by atoms with Gasteiger partial charge >= 0.3 is 0 Å². The molecule has 3 aromatic rings. The first-order valence-electron chi connectivity index (χ1n) is 9.22. The number of hydrogen-bond acceptors (Lipinski definition) is 4. The molecular formula is C22H22N2O2S. The molecule has 4 nitrogen and oxygen atoms in total. The molecule has 0 atom stereocenters. The molecule has 4 rings (SSSR count). The highest BCUT2D eigenvalue weighted by Crippen LogP contribution is 2.36. The van der Waals surface area contributed by atoms with Crippen molar-refractivity contribution in [2.75, 3.05) is 18.4 Å². The summed E-state index contributed by atoms with van der Waals surface area (Å²) in [5.41, 5.74) is 1.84. The van der Waals surface area contributed by atoms with Gasteiger partial charge in [0, 0.05) is 16.1 Å². The Morgan fingerprint density at radius 3 is 2.52 bits per heavy atom. The van der Waals surface area contributed by atoms with Gasteiger partial charge in [-0.05, 0) is 62.3 Å². The second kappa shape index (κ2) is 8.37. The van der Waals surface area contributed by atoms with Gasteiger partial charge in [-0.15, -0.1) is 11.3 Å². The summed E-state index contributed by atoms with van der Waals surface area (Å²) >= 11 is 1.49. The molecular weight excluding hydrogens is 356 g/mol. The number of nitrogens with one attached hydrogen (secondary N) is 2. The van der Waals surface area contributed by atoms with Gasteiger partial charge < -0.3 is 15.4 Å². The Morgan fingerprint density at radius 2 is 1.70 bits per heavy atom. The maximum atomic E-state index is 12.5. The van der Waals surface area contributed by atoms with Crippen LogP contribution in [0.15, 0.2) is 66.7 Å². The third kappa shape index (κ3) is 4.38. The van der Waals surface area contributed by atoms with Gasteiger partial charge in [-0.3, -0.25) is 4.79 Å². The van der Waals surface area contributed by atoms with E-state index in [1.807, 2.05) is 60.7 Å². The molecule has 0 radical (unpaired) electrons. The van der Waals surface area contributed by atoms with Crippen LogP contribution in [-0.4, -0.2) is 25.1 Å². The summed E-state index contributed by atoms with van der Waals surface area (Å²) in [6.07, 6.45) is 2.28. The summed E-state index contributed by atoms with van der Waals surface area (Å²) in [7, 11) is 0. The molecule has 1 amide bonds. The third-order valence-corrected chi connectivity index (χ3v) is 5.71. The predicted octanol–water partition coefficient (Wildman–Crippen LogP) is 4.80. The smallest absolute Gasteiger partial charge is 0.265 e.